The molecule has 4 heteroatoms. The molecule has 0 radical (unpaired) electrons. The quantitative estimate of drug-likeness (QED) is 0.721. The first-order valence-corrected chi connectivity index (χ1v) is 3.74. The van der Waals surface area contributed by atoms with E-state index in [2.05, 4.69) is 9.97 Å². The normalized spacial score (nSPS) is 10.2. The smallest absolute Gasteiger partial charge is 0.155 e. The third kappa shape index (κ3) is 2.17. The second-order valence-electron chi connectivity index (χ2n) is 2.49. The van der Waals surface area contributed by atoms with Crippen molar-refractivity contribution in [2.45, 2.75) is 13.3 Å². The summed E-state index contributed by atoms with van der Waals surface area (Å²) < 4.78 is 4.87. The average Bonchev–Trinajstić information content (AvgIpc) is 2.07. The predicted octanol–water partition coefficient (Wildman–Crippen LogP) is 0.680. The van der Waals surface area contributed by atoms with Crippen molar-refractivity contribution in [3.05, 3.63) is 17.7 Å². The Balaban J connectivity index is 2.75. The van der Waals surface area contributed by atoms with Gasteiger partial charge in [-0.3, -0.25) is 0 Å². The second-order valence-corrected chi connectivity index (χ2v) is 2.49. The lowest BCUT2D eigenvalue weighted by atomic mass is 10.3. The van der Waals surface area contributed by atoms with E-state index < -0.39 is 0 Å². The minimum Gasteiger partial charge on any atom is -0.504 e. The van der Waals surface area contributed by atoms with E-state index in [-0.39, 0.29) is 5.75 Å². The third-order valence-corrected chi connectivity index (χ3v) is 1.51. The SMILES string of the molecule is COCCc1nc(C)ncc1O. The van der Waals surface area contributed by atoms with Crippen molar-refractivity contribution in [1.29, 1.82) is 0 Å². The maximum absolute atomic E-state index is 9.28. The molecule has 0 atom stereocenters. The van der Waals surface area contributed by atoms with E-state index in [1.165, 1.54) is 6.20 Å². The highest BCUT2D eigenvalue weighted by Gasteiger charge is 2.02. The molecule has 1 N–H and O–H groups in total. The van der Waals surface area contributed by atoms with Gasteiger partial charge in [0.25, 0.3) is 0 Å². The van der Waals surface area contributed by atoms with Crippen molar-refractivity contribution in [3.8, 4) is 5.75 Å². The van der Waals surface area contributed by atoms with Crippen LogP contribution in [0.2, 0.25) is 0 Å². The first kappa shape index (κ1) is 8.93. The molecule has 66 valence electrons. The van der Waals surface area contributed by atoms with Crippen LogP contribution in [0.5, 0.6) is 5.75 Å². The third-order valence-electron chi connectivity index (χ3n) is 1.51. The Bertz CT molecular complexity index is 263. The van der Waals surface area contributed by atoms with E-state index >= 15 is 0 Å². The summed E-state index contributed by atoms with van der Waals surface area (Å²) in [6, 6.07) is 0. The maximum Gasteiger partial charge on any atom is 0.155 e. The standard InChI is InChI=1S/C8H12N2O2/c1-6-9-5-8(11)7(10-6)3-4-12-2/h5,11H,3-4H2,1-2H3. The molecule has 1 rings (SSSR count). The van der Waals surface area contributed by atoms with E-state index in [1.54, 1.807) is 14.0 Å². The zero-order valence-electron chi connectivity index (χ0n) is 7.24. The largest absolute Gasteiger partial charge is 0.504 e. The molecule has 0 unspecified atom stereocenters. The van der Waals surface area contributed by atoms with Crippen LogP contribution in [0, 0.1) is 6.92 Å². The van der Waals surface area contributed by atoms with Gasteiger partial charge in [0.05, 0.1) is 18.5 Å². The molecule has 0 spiro atoms. The highest BCUT2D eigenvalue weighted by atomic mass is 16.5. The summed E-state index contributed by atoms with van der Waals surface area (Å²) >= 11 is 0. The van der Waals surface area contributed by atoms with Crippen LogP contribution in [-0.2, 0) is 11.2 Å². The fourth-order valence-corrected chi connectivity index (χ4v) is 0.893. The van der Waals surface area contributed by atoms with Gasteiger partial charge in [-0.05, 0) is 6.92 Å². The summed E-state index contributed by atoms with van der Waals surface area (Å²) in [6.07, 6.45) is 2.03. The van der Waals surface area contributed by atoms with Gasteiger partial charge in [-0.15, -0.1) is 0 Å². The number of hydrogen-bond donors (Lipinski definition) is 1. The lowest BCUT2D eigenvalue weighted by molar-refractivity contribution is 0.200. The Kier molecular flexibility index (Phi) is 2.99. The Morgan fingerprint density at radius 1 is 1.58 bits per heavy atom. The fraction of sp³-hybridized carbons (Fsp3) is 0.500. The van der Waals surface area contributed by atoms with Crippen LogP contribution in [0.1, 0.15) is 11.5 Å². The number of rotatable bonds is 3. The van der Waals surface area contributed by atoms with Gasteiger partial charge in [0.15, 0.2) is 5.75 Å². The Morgan fingerprint density at radius 3 is 3.00 bits per heavy atom. The van der Waals surface area contributed by atoms with Crippen LogP contribution < -0.4 is 0 Å². The summed E-state index contributed by atoms with van der Waals surface area (Å²) in [5, 5.41) is 9.28. The monoisotopic (exact) mass is 168 g/mol. The Labute approximate surface area is 71.2 Å². The van der Waals surface area contributed by atoms with Crippen LogP contribution in [0.25, 0.3) is 0 Å². The molecule has 1 heterocycles. The zero-order valence-corrected chi connectivity index (χ0v) is 7.24. The summed E-state index contributed by atoms with van der Waals surface area (Å²) in [7, 11) is 1.62. The van der Waals surface area contributed by atoms with Crippen molar-refractivity contribution in [1.82, 2.24) is 9.97 Å². The molecule has 0 bridgehead atoms. The van der Waals surface area contributed by atoms with E-state index in [4.69, 9.17) is 4.74 Å². The Morgan fingerprint density at radius 2 is 2.33 bits per heavy atom. The lowest BCUT2D eigenvalue weighted by Crippen LogP contribution is -2.00. The van der Waals surface area contributed by atoms with E-state index in [0.717, 1.165) is 0 Å². The zero-order chi connectivity index (χ0) is 8.97. The molecule has 0 saturated carbocycles. The number of nitrogens with zero attached hydrogens (tertiary/aromatic N) is 2. The Hall–Kier alpha value is -1.16. The number of aromatic nitrogens is 2. The van der Waals surface area contributed by atoms with Gasteiger partial charge >= 0.3 is 0 Å². The summed E-state index contributed by atoms with van der Waals surface area (Å²) in [4.78, 5) is 7.91. The van der Waals surface area contributed by atoms with Crippen LogP contribution in [0.3, 0.4) is 0 Å². The van der Waals surface area contributed by atoms with E-state index in [0.29, 0.717) is 24.5 Å². The molecule has 1 aromatic rings. The van der Waals surface area contributed by atoms with Gasteiger partial charge in [-0.25, -0.2) is 9.97 Å². The molecule has 0 aromatic carbocycles. The number of ether oxygens (including phenoxy) is 1. The molecule has 0 saturated heterocycles. The van der Waals surface area contributed by atoms with Crippen molar-refractivity contribution < 1.29 is 9.84 Å². The molecule has 4 nitrogen and oxygen atoms in total. The first-order chi connectivity index (χ1) is 5.74. The van der Waals surface area contributed by atoms with Gasteiger partial charge in [-0.2, -0.15) is 0 Å². The molecule has 1 aromatic heterocycles. The summed E-state index contributed by atoms with van der Waals surface area (Å²) in [6.45, 7) is 2.35. The lowest BCUT2D eigenvalue weighted by Gasteiger charge is -2.02. The van der Waals surface area contributed by atoms with Crippen molar-refractivity contribution in [2.75, 3.05) is 13.7 Å². The van der Waals surface area contributed by atoms with E-state index in [1.807, 2.05) is 0 Å². The number of aryl methyl sites for hydroxylation is 1. The number of hydrogen-bond acceptors (Lipinski definition) is 4. The van der Waals surface area contributed by atoms with Crippen LogP contribution in [0.4, 0.5) is 0 Å². The van der Waals surface area contributed by atoms with Gasteiger partial charge in [0, 0.05) is 13.5 Å². The fourth-order valence-electron chi connectivity index (χ4n) is 0.893. The molecular weight excluding hydrogens is 156 g/mol. The second kappa shape index (κ2) is 4.01. The molecule has 0 amide bonds. The van der Waals surface area contributed by atoms with E-state index in [9.17, 15) is 5.11 Å². The van der Waals surface area contributed by atoms with Crippen LogP contribution in [-0.4, -0.2) is 28.8 Å². The van der Waals surface area contributed by atoms with Crippen molar-refractivity contribution >= 4 is 0 Å². The highest BCUT2D eigenvalue weighted by Crippen LogP contribution is 2.12. The van der Waals surface area contributed by atoms with Gasteiger partial charge in [0.2, 0.25) is 0 Å². The van der Waals surface area contributed by atoms with Crippen LogP contribution >= 0.6 is 0 Å². The first-order valence-electron chi connectivity index (χ1n) is 3.74. The topological polar surface area (TPSA) is 55.2 Å². The van der Waals surface area contributed by atoms with Gasteiger partial charge in [-0.1, -0.05) is 0 Å². The minimum absolute atomic E-state index is 0.137. The van der Waals surface area contributed by atoms with Gasteiger partial charge in [0.1, 0.15) is 5.82 Å². The minimum atomic E-state index is 0.137. The molecule has 0 fully saturated rings. The molecule has 0 aliphatic carbocycles. The molecule has 12 heavy (non-hydrogen) atoms. The van der Waals surface area contributed by atoms with Crippen LogP contribution in [0.15, 0.2) is 6.20 Å². The predicted molar refractivity (Wildman–Crippen MR) is 44.0 cm³/mol. The number of methoxy groups -OCH3 is 1. The summed E-state index contributed by atoms with van der Waals surface area (Å²) in [5.41, 5.74) is 0.643. The molecule has 0 aliphatic heterocycles. The van der Waals surface area contributed by atoms with Crippen molar-refractivity contribution in [2.24, 2.45) is 0 Å². The molecular formula is C8H12N2O2. The highest BCUT2D eigenvalue weighted by molar-refractivity contribution is 5.22. The molecule has 0 aliphatic rings. The summed E-state index contributed by atoms with van der Waals surface area (Å²) in [5.74, 6) is 0.802. The van der Waals surface area contributed by atoms with Crippen molar-refractivity contribution in [3.63, 3.8) is 0 Å². The maximum atomic E-state index is 9.28. The average molecular weight is 168 g/mol. The number of aromatic hydroxyl groups is 1. The van der Waals surface area contributed by atoms with Gasteiger partial charge < -0.3 is 9.84 Å².